The van der Waals surface area contributed by atoms with Gasteiger partial charge in [-0.05, 0) is 96.4 Å². The van der Waals surface area contributed by atoms with E-state index in [9.17, 15) is 0 Å². The number of aromatic nitrogens is 4. The summed E-state index contributed by atoms with van der Waals surface area (Å²) in [7, 11) is 0. The van der Waals surface area contributed by atoms with Crippen molar-refractivity contribution in [1.29, 1.82) is 0 Å². The van der Waals surface area contributed by atoms with E-state index in [2.05, 4.69) is 173 Å². The highest BCUT2D eigenvalue weighted by atomic mass is 15.0. The summed E-state index contributed by atoms with van der Waals surface area (Å²) in [6.07, 6.45) is 0. The van der Waals surface area contributed by atoms with Crippen LogP contribution in [0.25, 0.3) is 112 Å². The molecule has 11 aromatic rings. The lowest BCUT2D eigenvalue weighted by Gasteiger charge is -2.23. The van der Waals surface area contributed by atoms with Crippen LogP contribution in [0.5, 0.6) is 0 Å². The zero-order valence-corrected chi connectivity index (χ0v) is 38.4. The first-order valence-electron chi connectivity index (χ1n) is 23.5. The second-order valence-corrected chi connectivity index (χ2v) is 19.4. The van der Waals surface area contributed by atoms with Crippen LogP contribution in [0, 0.1) is 0 Å². The van der Waals surface area contributed by atoms with E-state index in [1.165, 1.54) is 55.6 Å². The molecule has 68 heavy (non-hydrogen) atoms. The molecule has 0 bridgehead atoms. The summed E-state index contributed by atoms with van der Waals surface area (Å²) in [6, 6.07) is 74.2. The third kappa shape index (κ3) is 6.21. The van der Waals surface area contributed by atoms with Crippen molar-refractivity contribution in [2.24, 2.45) is 0 Å². The fourth-order valence-corrected chi connectivity index (χ4v) is 11.2. The lowest BCUT2D eigenvalue weighted by molar-refractivity contribution is 0.660. The van der Waals surface area contributed by atoms with Crippen molar-refractivity contribution < 1.29 is 0 Å². The maximum absolute atomic E-state index is 5.65. The van der Waals surface area contributed by atoms with Crippen molar-refractivity contribution >= 4 is 21.7 Å². The maximum atomic E-state index is 5.65. The van der Waals surface area contributed by atoms with Gasteiger partial charge in [-0.1, -0.05) is 210 Å². The van der Waals surface area contributed by atoms with Crippen molar-refractivity contribution in [2.75, 3.05) is 0 Å². The Morgan fingerprint density at radius 3 is 1.25 bits per heavy atom. The molecular weight excluding hydrogens is 825 g/mol. The van der Waals surface area contributed by atoms with Gasteiger partial charge < -0.3 is 0 Å². The molecule has 2 aliphatic carbocycles. The fourth-order valence-electron chi connectivity index (χ4n) is 11.2. The molecule has 0 radical (unpaired) electrons. The highest BCUT2D eigenvalue weighted by Crippen LogP contribution is 2.52. The van der Waals surface area contributed by atoms with Crippen molar-refractivity contribution in [3.8, 4) is 89.9 Å². The Morgan fingerprint density at radius 2 is 0.676 bits per heavy atom. The summed E-state index contributed by atoms with van der Waals surface area (Å²) in [5.41, 5.74) is 20.9. The van der Waals surface area contributed by atoms with Crippen LogP contribution in [0.2, 0.25) is 0 Å². The second kappa shape index (κ2) is 15.1. The van der Waals surface area contributed by atoms with Crippen molar-refractivity contribution in [2.45, 2.75) is 38.5 Å². The summed E-state index contributed by atoms with van der Waals surface area (Å²) in [5, 5.41) is 3.39. The van der Waals surface area contributed by atoms with Crippen molar-refractivity contribution in [3.63, 3.8) is 0 Å². The average Bonchev–Trinajstić information content (AvgIpc) is 3.77. The Kier molecular flexibility index (Phi) is 8.88. The maximum Gasteiger partial charge on any atom is 0.164 e. The van der Waals surface area contributed by atoms with Crippen LogP contribution in [-0.4, -0.2) is 19.9 Å². The smallest absolute Gasteiger partial charge is 0.164 e. The predicted molar refractivity (Wildman–Crippen MR) is 280 cm³/mol. The van der Waals surface area contributed by atoms with Crippen molar-refractivity contribution in [1.82, 2.24) is 19.9 Å². The number of hydrogen-bond donors (Lipinski definition) is 0. The van der Waals surface area contributed by atoms with Crippen LogP contribution in [0.4, 0.5) is 0 Å². The van der Waals surface area contributed by atoms with Gasteiger partial charge in [0.05, 0.1) is 11.2 Å². The zero-order chi connectivity index (χ0) is 45.7. The molecule has 13 rings (SSSR count). The molecule has 4 heteroatoms. The van der Waals surface area contributed by atoms with Crippen LogP contribution in [-0.2, 0) is 10.8 Å². The van der Waals surface area contributed by atoms with Gasteiger partial charge in [-0.2, -0.15) is 0 Å². The molecule has 0 atom stereocenters. The van der Waals surface area contributed by atoms with Crippen molar-refractivity contribution in [3.05, 3.63) is 229 Å². The number of pyridine rings is 1. The zero-order valence-electron chi connectivity index (χ0n) is 38.4. The number of nitrogens with zero attached hydrogens (tertiary/aromatic N) is 4. The van der Waals surface area contributed by atoms with Crippen LogP contribution in [0.15, 0.2) is 206 Å². The lowest BCUT2D eigenvalue weighted by atomic mass is 9.81. The van der Waals surface area contributed by atoms with E-state index in [0.717, 1.165) is 60.8 Å². The molecule has 0 amide bonds. The Labute approximate surface area is 396 Å². The molecule has 322 valence electrons. The monoisotopic (exact) mass is 870 g/mol. The average molecular weight is 871 g/mol. The minimum absolute atomic E-state index is 0.128. The quantitative estimate of drug-likeness (QED) is 0.156. The Hall–Kier alpha value is -8.34. The summed E-state index contributed by atoms with van der Waals surface area (Å²) in [5.74, 6) is 1.92. The van der Waals surface area contributed by atoms with Crippen LogP contribution < -0.4 is 0 Å². The molecule has 0 unspecified atom stereocenters. The Bertz CT molecular complexity index is 3770. The van der Waals surface area contributed by atoms with Gasteiger partial charge in [0.2, 0.25) is 0 Å². The van der Waals surface area contributed by atoms with Gasteiger partial charge in [-0.25, -0.2) is 19.9 Å². The summed E-state index contributed by atoms with van der Waals surface area (Å²) in [4.78, 5) is 20.6. The van der Waals surface area contributed by atoms with Gasteiger partial charge in [0, 0.05) is 43.9 Å². The van der Waals surface area contributed by atoms with E-state index in [1.54, 1.807) is 0 Å². The predicted octanol–water partition coefficient (Wildman–Crippen LogP) is 16.2. The first-order chi connectivity index (χ1) is 33.2. The molecule has 0 saturated carbocycles. The first kappa shape index (κ1) is 40.0. The third-order valence-corrected chi connectivity index (χ3v) is 14.7. The van der Waals surface area contributed by atoms with E-state index in [-0.39, 0.29) is 10.8 Å². The van der Waals surface area contributed by atoms with Gasteiger partial charge in [0.1, 0.15) is 0 Å². The minimum atomic E-state index is -0.143. The molecule has 0 fully saturated rings. The SMILES string of the molecule is CC1(C)c2ccccc2-c2ccc(-c3cc(-c4ccc5c(c4)C(C)(C)c4ccccc4-5)c4cc(-c5ccc(-c6nc(-c7ccccc7)nc(-c7ccccc7)n6)cc5)c5ccccc5c4n3)cc21. The third-order valence-electron chi connectivity index (χ3n) is 14.7. The molecular formula is C64H46N4. The van der Waals surface area contributed by atoms with Crippen LogP contribution >= 0.6 is 0 Å². The normalized spacial score (nSPS) is 13.8. The molecule has 0 saturated heterocycles. The number of rotatable bonds is 6. The van der Waals surface area contributed by atoms with E-state index < -0.39 is 0 Å². The van der Waals surface area contributed by atoms with Gasteiger partial charge >= 0.3 is 0 Å². The van der Waals surface area contributed by atoms with Crippen LogP contribution in [0.3, 0.4) is 0 Å². The molecule has 2 aliphatic rings. The number of benzene rings is 9. The molecule has 9 aromatic carbocycles. The minimum Gasteiger partial charge on any atom is -0.247 e. The summed E-state index contributed by atoms with van der Waals surface area (Å²) in [6.45, 7) is 9.42. The first-order valence-corrected chi connectivity index (χ1v) is 23.5. The standard InChI is InChI=1S/C64H46N4/c1-63(2)54-25-15-13-22-46(54)48-33-31-43(35-56(48)63)52-38-58(44-32-34-49-47-23-14-16-26-55(47)64(3,4)57(49)36-44)65-59-50-24-12-11-21-45(50)51(37-53(52)59)39-27-29-42(30-28-39)62-67-60(40-17-7-5-8-18-40)66-61(68-62)41-19-9-6-10-20-41/h5-38H,1-4H3. The number of hydrogen-bond acceptors (Lipinski definition) is 4. The Morgan fingerprint density at radius 1 is 0.265 bits per heavy atom. The van der Waals surface area contributed by atoms with Gasteiger partial charge in [0.25, 0.3) is 0 Å². The molecule has 0 spiro atoms. The van der Waals surface area contributed by atoms with E-state index >= 15 is 0 Å². The van der Waals surface area contributed by atoms with Crippen LogP contribution in [0.1, 0.15) is 49.9 Å². The molecule has 4 nitrogen and oxygen atoms in total. The van der Waals surface area contributed by atoms with E-state index in [0.29, 0.717) is 17.5 Å². The van der Waals surface area contributed by atoms with E-state index in [4.69, 9.17) is 19.9 Å². The lowest BCUT2D eigenvalue weighted by Crippen LogP contribution is -2.15. The highest BCUT2D eigenvalue weighted by Gasteiger charge is 2.37. The van der Waals surface area contributed by atoms with Gasteiger partial charge in [-0.3, -0.25) is 0 Å². The highest BCUT2D eigenvalue weighted by molar-refractivity contribution is 6.16. The van der Waals surface area contributed by atoms with Gasteiger partial charge in [0.15, 0.2) is 17.5 Å². The summed E-state index contributed by atoms with van der Waals surface area (Å²) < 4.78 is 0. The second-order valence-electron chi connectivity index (χ2n) is 19.4. The fraction of sp³-hybridized carbons (Fsp3) is 0.0938. The molecule has 2 aromatic heterocycles. The Balaban J connectivity index is 0.995. The topological polar surface area (TPSA) is 51.6 Å². The number of fused-ring (bicyclic) bond motifs is 9. The van der Waals surface area contributed by atoms with E-state index in [1.807, 2.05) is 60.7 Å². The summed E-state index contributed by atoms with van der Waals surface area (Å²) >= 11 is 0. The molecule has 0 N–H and O–H groups in total. The largest absolute Gasteiger partial charge is 0.247 e. The van der Waals surface area contributed by atoms with Gasteiger partial charge in [-0.15, -0.1) is 0 Å². The molecule has 0 aliphatic heterocycles. The molecule has 2 heterocycles.